The average Bonchev–Trinajstić information content (AvgIpc) is 2.92. The van der Waals surface area contributed by atoms with E-state index in [-0.39, 0.29) is 19.0 Å². The van der Waals surface area contributed by atoms with E-state index in [9.17, 15) is 28.2 Å². The third-order valence-corrected chi connectivity index (χ3v) is 7.43. The molecule has 1 saturated heterocycles. The molecule has 2 heterocycles. The Balaban J connectivity index is 1.34. The molecule has 3 aromatic rings. The summed E-state index contributed by atoms with van der Waals surface area (Å²) in [5.41, 5.74) is 1.58. The number of pyridine rings is 1. The van der Waals surface area contributed by atoms with Crippen molar-refractivity contribution in [2.75, 3.05) is 33.4 Å². The van der Waals surface area contributed by atoms with E-state index in [1.54, 1.807) is 13.3 Å². The second kappa shape index (κ2) is 12.0. The highest BCUT2D eigenvalue weighted by atomic mass is 19.2. The number of aliphatic carboxylic acids is 1. The molecule has 4 rings (SSSR count). The third-order valence-electron chi connectivity index (χ3n) is 7.43. The fourth-order valence-corrected chi connectivity index (χ4v) is 5.11. The van der Waals surface area contributed by atoms with Crippen LogP contribution in [0.25, 0.3) is 10.9 Å². The molecule has 1 aromatic heterocycles. The van der Waals surface area contributed by atoms with Crippen LogP contribution in [0.1, 0.15) is 36.8 Å². The van der Waals surface area contributed by atoms with Gasteiger partial charge in [-0.15, -0.1) is 0 Å². The number of aryl methyl sites for hydroxylation is 1. The van der Waals surface area contributed by atoms with Gasteiger partial charge in [-0.1, -0.05) is 0 Å². The number of carboxylic acids is 1. The molecule has 2 aromatic carbocycles. The summed E-state index contributed by atoms with van der Waals surface area (Å²) in [5.74, 6) is -4.40. The first kappa shape index (κ1) is 27.7. The number of likely N-dealkylation sites (tertiary alicyclic amines) is 1. The van der Waals surface area contributed by atoms with Gasteiger partial charge in [-0.25, -0.2) is 13.2 Å². The van der Waals surface area contributed by atoms with E-state index in [1.165, 1.54) is 0 Å². The van der Waals surface area contributed by atoms with Crippen molar-refractivity contribution < 1.29 is 37.7 Å². The highest BCUT2D eigenvalue weighted by molar-refractivity contribution is 5.84. The van der Waals surface area contributed by atoms with Gasteiger partial charge in [-0.05, 0) is 74.5 Å². The van der Waals surface area contributed by atoms with E-state index in [0.29, 0.717) is 63.1 Å². The Morgan fingerprint density at radius 2 is 1.82 bits per heavy atom. The monoisotopic (exact) mass is 532 g/mol. The molecule has 0 unspecified atom stereocenters. The summed E-state index contributed by atoms with van der Waals surface area (Å²) >= 11 is 0. The number of rotatable bonds is 11. The Morgan fingerprint density at radius 3 is 2.45 bits per heavy atom. The highest BCUT2D eigenvalue weighted by Gasteiger charge is 2.40. The SMILES string of the molecule is COc1ccc2ncc(CO)c(CCCC3(C(=O)O)CCN(CCOc4cc(F)c(F)c(F)c4)CC3)c2c1. The number of carboxylic acid groups (broad SMARTS) is 1. The van der Waals surface area contributed by atoms with Crippen LogP contribution in [0.5, 0.6) is 11.5 Å². The van der Waals surface area contributed by atoms with Gasteiger partial charge in [0.2, 0.25) is 0 Å². The lowest BCUT2D eigenvalue weighted by Gasteiger charge is -2.39. The number of halogens is 3. The zero-order chi connectivity index (χ0) is 27.3. The van der Waals surface area contributed by atoms with Crippen LogP contribution in [0.3, 0.4) is 0 Å². The average molecular weight is 533 g/mol. The van der Waals surface area contributed by atoms with Gasteiger partial charge in [0.15, 0.2) is 17.5 Å². The lowest BCUT2D eigenvalue weighted by Crippen LogP contribution is -2.45. The summed E-state index contributed by atoms with van der Waals surface area (Å²) in [6, 6.07) is 7.17. The van der Waals surface area contributed by atoms with Gasteiger partial charge in [-0.2, -0.15) is 0 Å². The fourth-order valence-electron chi connectivity index (χ4n) is 5.11. The number of benzene rings is 2. The number of hydrogen-bond donors (Lipinski definition) is 2. The molecule has 0 atom stereocenters. The first-order valence-corrected chi connectivity index (χ1v) is 12.5. The molecule has 0 amide bonds. The van der Waals surface area contributed by atoms with Crippen molar-refractivity contribution >= 4 is 16.9 Å². The van der Waals surface area contributed by atoms with Crippen LogP contribution in [-0.2, 0) is 17.8 Å². The normalized spacial score (nSPS) is 15.5. The molecule has 2 N–H and O–H groups in total. The van der Waals surface area contributed by atoms with E-state index in [1.807, 2.05) is 23.1 Å². The number of ether oxygens (including phenoxy) is 2. The van der Waals surface area contributed by atoms with Gasteiger partial charge in [0.25, 0.3) is 0 Å². The zero-order valence-electron chi connectivity index (χ0n) is 21.2. The maximum Gasteiger partial charge on any atom is 0.309 e. The van der Waals surface area contributed by atoms with Gasteiger partial charge in [0.1, 0.15) is 18.1 Å². The molecule has 0 saturated carbocycles. The standard InChI is InChI=1S/C28H31F3N2O5/c1-37-19-4-5-25-22(13-19)21(18(17-34)16-32-25)3-2-6-28(27(35)36)7-9-33(10-8-28)11-12-38-20-14-23(29)26(31)24(30)15-20/h4-5,13-16,34H,2-3,6-12,17H2,1H3,(H,35,36). The fraction of sp³-hybridized carbons (Fsp3) is 0.429. The summed E-state index contributed by atoms with van der Waals surface area (Å²) < 4.78 is 50.6. The highest BCUT2D eigenvalue weighted by Crippen LogP contribution is 2.38. The number of aliphatic hydroxyl groups excluding tert-OH is 1. The summed E-state index contributed by atoms with van der Waals surface area (Å²) in [6.45, 7) is 1.50. The molecule has 0 aliphatic carbocycles. The Labute approximate surface area is 218 Å². The van der Waals surface area contributed by atoms with Crippen LogP contribution in [0.4, 0.5) is 13.2 Å². The molecule has 0 bridgehead atoms. The van der Waals surface area contributed by atoms with Gasteiger partial charge in [-0.3, -0.25) is 14.7 Å². The number of nitrogens with zero attached hydrogens (tertiary/aromatic N) is 2. The quantitative estimate of drug-likeness (QED) is 0.345. The van der Waals surface area contributed by atoms with Crippen LogP contribution in [0, 0.1) is 22.9 Å². The van der Waals surface area contributed by atoms with Crippen LogP contribution in [-0.4, -0.2) is 59.4 Å². The van der Waals surface area contributed by atoms with E-state index in [4.69, 9.17) is 9.47 Å². The Bertz CT molecular complexity index is 1270. The Morgan fingerprint density at radius 1 is 1.11 bits per heavy atom. The summed E-state index contributed by atoms with van der Waals surface area (Å²) in [6.07, 6.45) is 4.28. The smallest absolute Gasteiger partial charge is 0.309 e. The first-order chi connectivity index (χ1) is 18.3. The molecule has 1 fully saturated rings. The number of hydrogen-bond acceptors (Lipinski definition) is 6. The van der Waals surface area contributed by atoms with E-state index in [0.717, 1.165) is 28.6 Å². The molecule has 38 heavy (non-hydrogen) atoms. The maximum atomic E-state index is 13.4. The summed E-state index contributed by atoms with van der Waals surface area (Å²) in [7, 11) is 1.59. The second-order valence-electron chi connectivity index (χ2n) is 9.63. The zero-order valence-corrected chi connectivity index (χ0v) is 21.2. The molecule has 204 valence electrons. The van der Waals surface area contributed by atoms with Crippen molar-refractivity contribution in [3.63, 3.8) is 0 Å². The first-order valence-electron chi connectivity index (χ1n) is 12.5. The Kier molecular flexibility index (Phi) is 8.73. The number of piperidine rings is 1. The Hall–Kier alpha value is -3.37. The molecule has 1 aliphatic heterocycles. The summed E-state index contributed by atoms with van der Waals surface area (Å²) in [4.78, 5) is 18.8. The lowest BCUT2D eigenvalue weighted by molar-refractivity contribution is -0.152. The second-order valence-corrected chi connectivity index (χ2v) is 9.63. The van der Waals surface area contributed by atoms with Crippen LogP contribution >= 0.6 is 0 Å². The van der Waals surface area contributed by atoms with Crippen molar-refractivity contribution in [3.8, 4) is 11.5 Å². The number of methoxy groups -OCH3 is 1. The largest absolute Gasteiger partial charge is 0.497 e. The van der Waals surface area contributed by atoms with Crippen molar-refractivity contribution in [2.24, 2.45) is 5.41 Å². The van der Waals surface area contributed by atoms with Crippen LogP contribution in [0.2, 0.25) is 0 Å². The topological polar surface area (TPSA) is 92.1 Å². The number of aliphatic hydroxyl groups is 1. The van der Waals surface area contributed by atoms with Crippen LogP contribution in [0.15, 0.2) is 36.5 Å². The van der Waals surface area contributed by atoms with Gasteiger partial charge >= 0.3 is 5.97 Å². The third kappa shape index (κ3) is 6.02. The molecular weight excluding hydrogens is 501 g/mol. The molecule has 7 nitrogen and oxygen atoms in total. The van der Waals surface area contributed by atoms with Gasteiger partial charge in [0, 0.05) is 30.3 Å². The van der Waals surface area contributed by atoms with Crippen molar-refractivity contribution in [1.29, 1.82) is 0 Å². The maximum absolute atomic E-state index is 13.4. The number of aromatic nitrogens is 1. The molecular formula is C28H31F3N2O5. The van der Waals surface area contributed by atoms with Crippen LogP contribution < -0.4 is 9.47 Å². The van der Waals surface area contributed by atoms with Crippen molar-refractivity contribution in [3.05, 3.63) is 65.1 Å². The van der Waals surface area contributed by atoms with Gasteiger partial charge in [0.05, 0.1) is 24.6 Å². The minimum absolute atomic E-state index is 0.0956. The molecule has 10 heteroatoms. The van der Waals surface area contributed by atoms with E-state index in [2.05, 4.69) is 4.98 Å². The van der Waals surface area contributed by atoms with E-state index >= 15 is 0 Å². The number of carbonyl (C=O) groups is 1. The molecule has 0 radical (unpaired) electrons. The predicted octanol–water partition coefficient (Wildman–Crippen LogP) is 4.72. The summed E-state index contributed by atoms with van der Waals surface area (Å²) in [5, 5.41) is 20.9. The van der Waals surface area contributed by atoms with Crippen molar-refractivity contribution in [2.45, 2.75) is 38.7 Å². The molecule has 1 aliphatic rings. The minimum Gasteiger partial charge on any atom is -0.497 e. The minimum atomic E-state index is -1.54. The lowest BCUT2D eigenvalue weighted by atomic mass is 9.74. The predicted molar refractivity (Wildman–Crippen MR) is 135 cm³/mol. The van der Waals surface area contributed by atoms with E-state index < -0.39 is 28.8 Å². The van der Waals surface area contributed by atoms with Gasteiger partial charge < -0.3 is 19.7 Å². The van der Waals surface area contributed by atoms with Crippen molar-refractivity contribution in [1.82, 2.24) is 9.88 Å². The number of fused-ring (bicyclic) bond motifs is 1. The molecule has 0 spiro atoms.